The van der Waals surface area contributed by atoms with Crippen LogP contribution in [-0.2, 0) is 0 Å². The molecule has 1 aliphatic rings. The molecule has 116 valence electrons. The van der Waals surface area contributed by atoms with Gasteiger partial charge in [-0.25, -0.2) is 9.97 Å². The summed E-state index contributed by atoms with van der Waals surface area (Å²) in [6.45, 7) is 5.12. The molecule has 3 rings (SSSR count). The van der Waals surface area contributed by atoms with Crippen LogP contribution in [0.2, 0.25) is 5.02 Å². The zero-order valence-corrected chi connectivity index (χ0v) is 13.4. The molecule has 7 nitrogen and oxygen atoms in total. The van der Waals surface area contributed by atoms with Gasteiger partial charge in [-0.3, -0.25) is 15.4 Å². The highest BCUT2D eigenvalue weighted by Crippen LogP contribution is 2.17. The second kappa shape index (κ2) is 5.66. The van der Waals surface area contributed by atoms with Gasteiger partial charge in [-0.2, -0.15) is 0 Å². The summed E-state index contributed by atoms with van der Waals surface area (Å²) in [5.41, 5.74) is 1.29. The molecule has 1 aliphatic heterocycles. The molecule has 0 radical (unpaired) electrons. The van der Waals surface area contributed by atoms with Gasteiger partial charge in [0.05, 0.1) is 10.5 Å². The Morgan fingerprint density at radius 2 is 1.95 bits per heavy atom. The topological polar surface area (TPSA) is 84.9 Å². The number of rotatable bonds is 1. The van der Waals surface area contributed by atoms with Gasteiger partial charge < -0.3 is 9.80 Å². The molecule has 0 spiro atoms. The third-order valence-corrected chi connectivity index (χ3v) is 4.05. The fourth-order valence-electron chi connectivity index (χ4n) is 2.63. The highest BCUT2D eigenvalue weighted by atomic mass is 35.5. The molecular formula is C14H18ClN7. The molecule has 0 bridgehead atoms. The number of fused-ring (bicyclic) bond motifs is 1. The lowest BCUT2D eigenvalue weighted by atomic mass is 10.3. The predicted octanol–water partition coefficient (Wildman–Crippen LogP) is 1.16. The molecule has 1 fully saturated rings. The molecule has 0 aromatic carbocycles. The fourth-order valence-corrected chi connectivity index (χ4v) is 2.79. The molecule has 0 amide bonds. The molecule has 0 saturated carbocycles. The SMILES string of the molecule is CC(=N)n1c(=N)c(N2CCN(C)CC2)nc2ncc(Cl)cc21. The first-order valence-corrected chi connectivity index (χ1v) is 7.47. The molecule has 2 aromatic heterocycles. The van der Waals surface area contributed by atoms with Gasteiger partial charge in [-0.1, -0.05) is 11.6 Å². The first kappa shape index (κ1) is 14.9. The van der Waals surface area contributed by atoms with E-state index >= 15 is 0 Å². The van der Waals surface area contributed by atoms with Crippen LogP contribution < -0.4 is 10.4 Å². The molecular weight excluding hydrogens is 302 g/mol. The van der Waals surface area contributed by atoms with E-state index in [2.05, 4.69) is 26.8 Å². The quantitative estimate of drug-likeness (QED) is 0.610. The number of pyridine rings is 1. The van der Waals surface area contributed by atoms with Crippen molar-refractivity contribution in [2.75, 3.05) is 38.1 Å². The number of nitrogens with zero attached hydrogens (tertiary/aromatic N) is 5. The van der Waals surface area contributed by atoms with Gasteiger partial charge in [0.15, 0.2) is 17.0 Å². The zero-order chi connectivity index (χ0) is 15.9. The standard InChI is InChI=1S/C14H18ClN7/c1-9(16)22-11-7-10(15)8-18-13(11)19-14(12(22)17)21-5-3-20(2)4-6-21/h7-8,16-17H,3-6H2,1-2H3. The van der Waals surface area contributed by atoms with Crippen molar-refractivity contribution in [1.82, 2.24) is 19.4 Å². The molecule has 8 heteroatoms. The largest absolute Gasteiger partial charge is 0.351 e. The van der Waals surface area contributed by atoms with E-state index < -0.39 is 0 Å². The minimum Gasteiger partial charge on any atom is -0.351 e. The predicted molar refractivity (Wildman–Crippen MR) is 86.9 cm³/mol. The van der Waals surface area contributed by atoms with E-state index in [-0.39, 0.29) is 11.3 Å². The van der Waals surface area contributed by atoms with E-state index in [1.165, 1.54) is 10.8 Å². The second-order valence-corrected chi connectivity index (χ2v) is 5.93. The molecule has 22 heavy (non-hydrogen) atoms. The van der Waals surface area contributed by atoms with E-state index in [1.54, 1.807) is 13.0 Å². The van der Waals surface area contributed by atoms with Gasteiger partial charge in [-0.15, -0.1) is 0 Å². The Morgan fingerprint density at radius 3 is 2.59 bits per heavy atom. The Labute approximate surface area is 133 Å². The van der Waals surface area contributed by atoms with Gasteiger partial charge in [0.25, 0.3) is 0 Å². The Balaban J connectivity index is 2.20. The highest BCUT2D eigenvalue weighted by molar-refractivity contribution is 6.31. The Hall–Kier alpha value is -1.99. The van der Waals surface area contributed by atoms with E-state index in [0.29, 0.717) is 22.0 Å². The summed E-state index contributed by atoms with van der Waals surface area (Å²) in [6.07, 6.45) is 1.54. The van der Waals surface area contributed by atoms with Gasteiger partial charge in [0.2, 0.25) is 0 Å². The second-order valence-electron chi connectivity index (χ2n) is 5.49. The lowest BCUT2D eigenvalue weighted by molar-refractivity contribution is 0.311. The maximum absolute atomic E-state index is 8.45. The molecule has 0 unspecified atom stereocenters. The van der Waals surface area contributed by atoms with Gasteiger partial charge in [0, 0.05) is 32.4 Å². The third kappa shape index (κ3) is 2.57. The van der Waals surface area contributed by atoms with E-state index in [1.807, 2.05) is 0 Å². The first-order chi connectivity index (χ1) is 10.5. The summed E-state index contributed by atoms with van der Waals surface area (Å²) < 4.78 is 1.54. The average Bonchev–Trinajstić information content (AvgIpc) is 2.47. The molecule has 1 saturated heterocycles. The number of hydrogen-bond acceptors (Lipinski definition) is 6. The van der Waals surface area contributed by atoms with Gasteiger partial charge >= 0.3 is 0 Å². The number of halogens is 1. The van der Waals surface area contributed by atoms with Crippen molar-refractivity contribution in [1.29, 1.82) is 10.8 Å². The first-order valence-electron chi connectivity index (χ1n) is 7.09. The minimum absolute atomic E-state index is 0.202. The van der Waals surface area contributed by atoms with Gasteiger partial charge in [-0.05, 0) is 20.0 Å². The van der Waals surface area contributed by atoms with Crippen molar-refractivity contribution >= 4 is 34.4 Å². The van der Waals surface area contributed by atoms with Gasteiger partial charge in [0.1, 0.15) is 5.84 Å². The lowest BCUT2D eigenvalue weighted by Gasteiger charge is -2.33. The summed E-state index contributed by atoms with van der Waals surface area (Å²) in [6, 6.07) is 1.70. The van der Waals surface area contributed by atoms with E-state index in [9.17, 15) is 0 Å². The summed E-state index contributed by atoms with van der Waals surface area (Å²) >= 11 is 6.00. The number of aromatic nitrogens is 3. The molecule has 3 heterocycles. The summed E-state index contributed by atoms with van der Waals surface area (Å²) in [7, 11) is 2.08. The summed E-state index contributed by atoms with van der Waals surface area (Å²) in [5, 5.41) is 16.9. The van der Waals surface area contributed by atoms with Crippen LogP contribution in [0.5, 0.6) is 0 Å². The fraction of sp³-hybridized carbons (Fsp3) is 0.429. The third-order valence-electron chi connectivity index (χ3n) is 3.84. The summed E-state index contributed by atoms with van der Waals surface area (Å²) in [4.78, 5) is 13.1. The Kier molecular flexibility index (Phi) is 3.84. The van der Waals surface area contributed by atoms with Crippen molar-refractivity contribution in [2.45, 2.75) is 6.92 Å². The van der Waals surface area contributed by atoms with Crippen molar-refractivity contribution in [3.8, 4) is 0 Å². The van der Waals surface area contributed by atoms with Crippen molar-refractivity contribution < 1.29 is 0 Å². The highest BCUT2D eigenvalue weighted by Gasteiger charge is 2.20. The van der Waals surface area contributed by atoms with E-state index in [0.717, 1.165) is 26.2 Å². The van der Waals surface area contributed by atoms with Crippen LogP contribution in [0.1, 0.15) is 6.92 Å². The van der Waals surface area contributed by atoms with E-state index in [4.69, 9.17) is 22.4 Å². The number of anilines is 1. The van der Waals surface area contributed by atoms with Crippen LogP contribution in [0.3, 0.4) is 0 Å². The molecule has 2 N–H and O–H groups in total. The zero-order valence-electron chi connectivity index (χ0n) is 12.6. The minimum atomic E-state index is 0.202. The van der Waals surface area contributed by atoms with Crippen molar-refractivity contribution in [2.24, 2.45) is 0 Å². The number of nitrogens with one attached hydrogen (secondary N) is 2. The van der Waals surface area contributed by atoms with Crippen LogP contribution in [0.25, 0.3) is 11.2 Å². The van der Waals surface area contributed by atoms with Crippen LogP contribution in [0, 0.1) is 10.8 Å². The van der Waals surface area contributed by atoms with Crippen molar-refractivity contribution in [3.63, 3.8) is 0 Å². The van der Waals surface area contributed by atoms with Crippen LogP contribution in [-0.4, -0.2) is 58.5 Å². The van der Waals surface area contributed by atoms with Crippen LogP contribution in [0.4, 0.5) is 5.82 Å². The summed E-state index contributed by atoms with van der Waals surface area (Å²) in [5.74, 6) is 0.818. The monoisotopic (exact) mass is 319 g/mol. The normalized spacial score (nSPS) is 16.2. The smallest absolute Gasteiger partial charge is 0.178 e. The van der Waals surface area contributed by atoms with Crippen molar-refractivity contribution in [3.05, 3.63) is 22.8 Å². The maximum atomic E-state index is 8.45. The molecule has 0 aliphatic carbocycles. The number of likely N-dealkylation sites (N-methyl/N-ethyl adjacent to an activating group) is 1. The Bertz CT molecular complexity index is 790. The van der Waals surface area contributed by atoms with Crippen LogP contribution >= 0.6 is 11.6 Å². The maximum Gasteiger partial charge on any atom is 0.178 e. The Morgan fingerprint density at radius 1 is 1.27 bits per heavy atom. The molecule has 2 aromatic rings. The number of piperazine rings is 1. The average molecular weight is 320 g/mol. The van der Waals surface area contributed by atoms with Crippen LogP contribution in [0.15, 0.2) is 12.3 Å². The molecule has 0 atom stereocenters. The number of hydrogen-bond donors (Lipinski definition) is 2. The lowest BCUT2D eigenvalue weighted by Crippen LogP contribution is -2.47.